The van der Waals surface area contributed by atoms with E-state index in [0.29, 0.717) is 13.2 Å². The summed E-state index contributed by atoms with van der Waals surface area (Å²) in [7, 11) is 0. The highest BCUT2D eigenvalue weighted by molar-refractivity contribution is 7.33. The number of fused-ring (bicyclic) bond motifs is 5. The van der Waals surface area contributed by atoms with Gasteiger partial charge in [0.25, 0.3) is 0 Å². The van der Waals surface area contributed by atoms with Crippen molar-refractivity contribution in [1.29, 1.82) is 0 Å². The lowest BCUT2D eigenvalue weighted by Crippen LogP contribution is -2.20. The molecular weight excluding hydrogens is 921 g/mol. The van der Waals surface area contributed by atoms with Crippen LogP contribution in [-0.2, 0) is 41.2 Å². The van der Waals surface area contributed by atoms with E-state index in [9.17, 15) is 0 Å². The van der Waals surface area contributed by atoms with E-state index in [1.807, 2.05) is 34.0 Å². The smallest absolute Gasteiger partial charge is 0.117 e. The number of thiophene rings is 6. The quantitative estimate of drug-likeness (QED) is 0.0752. The molecule has 0 fully saturated rings. The van der Waals surface area contributed by atoms with Crippen molar-refractivity contribution in [1.82, 2.24) is 0 Å². The Morgan fingerprint density at radius 2 is 1.15 bits per heavy atom. The Balaban J connectivity index is 1.24. The summed E-state index contributed by atoms with van der Waals surface area (Å²) in [5.41, 5.74) is 6.70. The number of hydrogen-bond donors (Lipinski definition) is 0. The molecule has 1 aliphatic rings. The van der Waals surface area contributed by atoms with Crippen LogP contribution < -0.4 is 0 Å². The molecule has 8 heteroatoms. The van der Waals surface area contributed by atoms with Gasteiger partial charge in [0.1, 0.15) is 13.2 Å². The van der Waals surface area contributed by atoms with E-state index in [1.54, 1.807) is 0 Å². The summed E-state index contributed by atoms with van der Waals surface area (Å²) in [6.45, 7) is 15.3. The molecule has 9 aromatic rings. The Morgan fingerprint density at radius 3 is 1.76 bits per heavy atom. The maximum Gasteiger partial charge on any atom is 0.117 e. The van der Waals surface area contributed by atoms with Crippen LogP contribution in [0.2, 0.25) is 0 Å². The van der Waals surface area contributed by atoms with Crippen molar-refractivity contribution in [2.45, 2.75) is 131 Å². The van der Waals surface area contributed by atoms with Gasteiger partial charge in [-0.25, -0.2) is 9.78 Å². The van der Waals surface area contributed by atoms with Crippen molar-refractivity contribution in [3.8, 4) is 41.1 Å². The maximum atomic E-state index is 5.67. The summed E-state index contributed by atoms with van der Waals surface area (Å²) >= 11 is 12.1. The second-order valence-corrected chi connectivity index (χ2v) is 25.2. The molecule has 0 aliphatic carbocycles. The van der Waals surface area contributed by atoms with Crippen LogP contribution in [0.5, 0.6) is 0 Å². The SMILES string of the molecule is CCCCC(CC)Cc1ccc(-c2c3cc(C(C)(CC)c4ccccc4)sc3c(-c3ccc(CC(CC)CCCC)s3)c3cc(-c4sc(-c5ccccc5)c5c6c(sc45)COOC6)sc23)s1. The van der Waals surface area contributed by atoms with E-state index in [1.165, 1.54) is 166 Å². The first kappa shape index (κ1) is 46.3. The van der Waals surface area contributed by atoms with Gasteiger partial charge in [0.2, 0.25) is 0 Å². The Morgan fingerprint density at radius 1 is 0.561 bits per heavy atom. The third kappa shape index (κ3) is 8.76. The lowest BCUT2D eigenvalue weighted by Gasteiger charge is -2.27. The van der Waals surface area contributed by atoms with Gasteiger partial charge >= 0.3 is 0 Å². The molecule has 0 N–H and O–H groups in total. The fourth-order valence-corrected chi connectivity index (χ4v) is 18.3. The van der Waals surface area contributed by atoms with Crippen LogP contribution >= 0.6 is 68.0 Å². The largest absolute Gasteiger partial charge is 0.231 e. The second-order valence-electron chi connectivity index (χ2n) is 18.6. The molecule has 2 nitrogen and oxygen atoms in total. The Kier molecular flexibility index (Phi) is 14.2. The zero-order valence-corrected chi connectivity index (χ0v) is 44.2. The molecule has 6 aromatic heterocycles. The van der Waals surface area contributed by atoms with Crippen molar-refractivity contribution in [3.63, 3.8) is 0 Å². The molecule has 0 bridgehead atoms. The molecule has 0 amide bonds. The molecule has 342 valence electrons. The van der Waals surface area contributed by atoms with Gasteiger partial charge in [-0.1, -0.05) is 154 Å². The number of hydrogen-bond acceptors (Lipinski definition) is 8. The fraction of sp³-hybridized carbons (Fsp3) is 0.379. The van der Waals surface area contributed by atoms with Crippen LogP contribution in [0.4, 0.5) is 0 Å². The molecule has 0 spiro atoms. The average Bonchev–Trinajstić information content (AvgIpc) is 4.23. The van der Waals surface area contributed by atoms with Crippen LogP contribution in [0.1, 0.15) is 130 Å². The minimum Gasteiger partial charge on any atom is -0.231 e. The average molecular weight is 984 g/mol. The molecule has 3 atom stereocenters. The van der Waals surface area contributed by atoms with Gasteiger partial charge < -0.3 is 0 Å². The molecule has 66 heavy (non-hydrogen) atoms. The highest BCUT2D eigenvalue weighted by atomic mass is 32.1. The van der Waals surface area contributed by atoms with Gasteiger partial charge in [0, 0.05) is 86.7 Å². The van der Waals surface area contributed by atoms with Crippen LogP contribution in [-0.4, -0.2) is 0 Å². The van der Waals surface area contributed by atoms with Gasteiger partial charge in [-0.2, -0.15) is 0 Å². The maximum absolute atomic E-state index is 5.67. The van der Waals surface area contributed by atoms with Gasteiger partial charge in [-0.05, 0) is 78.6 Å². The zero-order chi connectivity index (χ0) is 45.4. The Hall–Kier alpha value is -3.44. The van der Waals surface area contributed by atoms with Crippen LogP contribution in [0.3, 0.4) is 0 Å². The molecule has 3 unspecified atom stereocenters. The van der Waals surface area contributed by atoms with Crippen LogP contribution in [0.15, 0.2) is 97.1 Å². The molecule has 1 aliphatic heterocycles. The van der Waals surface area contributed by atoms with E-state index in [0.717, 1.165) is 18.3 Å². The van der Waals surface area contributed by atoms with Crippen molar-refractivity contribution in [2.24, 2.45) is 11.8 Å². The van der Waals surface area contributed by atoms with Gasteiger partial charge in [-0.3, -0.25) is 0 Å². The number of rotatable bonds is 19. The molecule has 10 rings (SSSR count). The van der Waals surface area contributed by atoms with E-state index in [2.05, 4.69) is 173 Å². The highest BCUT2D eigenvalue weighted by Crippen LogP contribution is 2.58. The summed E-state index contributed by atoms with van der Waals surface area (Å²) in [6, 6.07) is 37.4. The summed E-state index contributed by atoms with van der Waals surface area (Å²) in [6.07, 6.45) is 13.6. The standard InChI is InChI=1S/C58H62O2S6/c1-7-12-20-36(9-3)30-40-26-28-45(61-40)50-42-32-47(56-57-52(44-34-59-60-35-48(44)64-57)53(66-56)38-22-16-14-17-23-38)63-54(42)51(46-29-27-41(62-46)31-37(10-4)21-13-8-2)43-33-49(65-55(43)50)58(6,11-5)39-24-18-15-19-25-39/h14-19,22-29,32-33,36-37H,7-13,20-21,30-31,34-35H2,1-6H3. The van der Waals surface area contributed by atoms with Crippen LogP contribution in [0.25, 0.3) is 71.3 Å². The molecule has 0 saturated carbocycles. The summed E-state index contributed by atoms with van der Waals surface area (Å²) in [5.74, 6) is 1.46. The Labute approximate surface area is 416 Å². The van der Waals surface area contributed by atoms with Crippen molar-refractivity contribution >= 4 is 98.3 Å². The predicted molar refractivity (Wildman–Crippen MR) is 295 cm³/mol. The van der Waals surface area contributed by atoms with E-state index < -0.39 is 0 Å². The molecule has 3 aromatic carbocycles. The van der Waals surface area contributed by atoms with Crippen molar-refractivity contribution in [2.75, 3.05) is 0 Å². The number of unbranched alkanes of at least 4 members (excludes halogenated alkanes) is 2. The first-order valence-electron chi connectivity index (χ1n) is 24.5. The Bertz CT molecular complexity index is 2950. The minimum absolute atomic E-state index is 0.108. The summed E-state index contributed by atoms with van der Waals surface area (Å²) < 4.78 is 4.22. The van der Waals surface area contributed by atoms with Gasteiger partial charge in [0.15, 0.2) is 0 Å². The van der Waals surface area contributed by atoms with Gasteiger partial charge in [-0.15, -0.1) is 68.0 Å². The minimum atomic E-state index is -0.108. The topological polar surface area (TPSA) is 18.5 Å². The van der Waals surface area contributed by atoms with Crippen molar-refractivity contribution < 1.29 is 9.78 Å². The lowest BCUT2D eigenvalue weighted by molar-refractivity contribution is -0.320. The molecule has 0 saturated heterocycles. The normalized spacial score (nSPS) is 14.9. The summed E-state index contributed by atoms with van der Waals surface area (Å²) in [5, 5.41) is 4.16. The van der Waals surface area contributed by atoms with Gasteiger partial charge in [0.05, 0.1) is 9.58 Å². The molecular formula is C58H62O2S6. The first-order chi connectivity index (χ1) is 32.3. The highest BCUT2D eigenvalue weighted by Gasteiger charge is 2.33. The number of benzene rings is 3. The lowest BCUT2D eigenvalue weighted by atomic mass is 9.78. The molecule has 0 radical (unpaired) electrons. The fourth-order valence-electron chi connectivity index (χ4n) is 10.2. The molecule has 7 heterocycles. The van der Waals surface area contributed by atoms with E-state index in [4.69, 9.17) is 9.78 Å². The first-order valence-corrected chi connectivity index (χ1v) is 29.4. The van der Waals surface area contributed by atoms with E-state index in [-0.39, 0.29) is 5.41 Å². The van der Waals surface area contributed by atoms with Crippen LogP contribution in [0, 0.1) is 11.8 Å². The predicted octanol–water partition coefficient (Wildman–Crippen LogP) is 20.4. The zero-order valence-electron chi connectivity index (χ0n) is 39.4. The monoisotopic (exact) mass is 982 g/mol. The van der Waals surface area contributed by atoms with E-state index >= 15 is 0 Å². The third-order valence-corrected chi connectivity index (χ3v) is 22.1. The van der Waals surface area contributed by atoms with Crippen molar-refractivity contribution in [3.05, 3.63) is 128 Å². The third-order valence-electron chi connectivity index (χ3n) is 14.5. The second kappa shape index (κ2) is 20.3. The summed E-state index contributed by atoms with van der Waals surface area (Å²) in [4.78, 5) is 23.9.